The minimum absolute atomic E-state index is 0.0619. The van der Waals surface area contributed by atoms with Crippen LogP contribution in [0, 0.1) is 12.8 Å². The first-order chi connectivity index (χ1) is 8.06. The van der Waals surface area contributed by atoms with Gasteiger partial charge < -0.3 is 10.6 Å². The SMILES string of the molecule is Cc1ccc(NC(=O)C2CNC(=O)C2)c(Br)c1. The second kappa shape index (κ2) is 4.87. The van der Waals surface area contributed by atoms with Gasteiger partial charge in [-0.3, -0.25) is 9.59 Å². The van der Waals surface area contributed by atoms with Gasteiger partial charge in [0.1, 0.15) is 0 Å². The average molecular weight is 297 g/mol. The molecule has 1 unspecified atom stereocenters. The normalized spacial score (nSPS) is 18.9. The highest BCUT2D eigenvalue weighted by Gasteiger charge is 2.28. The van der Waals surface area contributed by atoms with Gasteiger partial charge in [0, 0.05) is 17.4 Å². The van der Waals surface area contributed by atoms with Crippen LogP contribution in [-0.4, -0.2) is 18.4 Å². The monoisotopic (exact) mass is 296 g/mol. The van der Waals surface area contributed by atoms with E-state index in [1.807, 2.05) is 25.1 Å². The summed E-state index contributed by atoms with van der Waals surface area (Å²) in [6, 6.07) is 5.72. The predicted molar refractivity (Wildman–Crippen MR) is 68.6 cm³/mol. The number of carbonyl (C=O) groups excluding carboxylic acids is 2. The summed E-state index contributed by atoms with van der Waals surface area (Å²) in [5.74, 6) is -0.447. The molecule has 1 fully saturated rings. The van der Waals surface area contributed by atoms with Gasteiger partial charge in [0.05, 0.1) is 11.6 Å². The summed E-state index contributed by atoms with van der Waals surface area (Å²) in [4.78, 5) is 22.9. The van der Waals surface area contributed by atoms with Crippen LogP contribution in [0.3, 0.4) is 0 Å². The van der Waals surface area contributed by atoms with E-state index in [1.165, 1.54) is 0 Å². The number of carbonyl (C=O) groups is 2. The molecule has 0 spiro atoms. The van der Waals surface area contributed by atoms with Gasteiger partial charge in [-0.25, -0.2) is 0 Å². The van der Waals surface area contributed by atoms with Crippen molar-refractivity contribution in [2.24, 2.45) is 5.92 Å². The molecule has 4 nitrogen and oxygen atoms in total. The first kappa shape index (κ1) is 12.1. The third-order valence-corrected chi connectivity index (χ3v) is 3.39. The number of amides is 2. The molecule has 1 aliphatic rings. The van der Waals surface area contributed by atoms with Crippen LogP contribution in [0.5, 0.6) is 0 Å². The van der Waals surface area contributed by atoms with Crippen LogP contribution < -0.4 is 10.6 Å². The van der Waals surface area contributed by atoms with E-state index in [0.717, 1.165) is 15.7 Å². The van der Waals surface area contributed by atoms with Gasteiger partial charge >= 0.3 is 0 Å². The molecular weight excluding hydrogens is 284 g/mol. The topological polar surface area (TPSA) is 58.2 Å². The molecule has 1 aliphatic heterocycles. The van der Waals surface area contributed by atoms with Crippen LogP contribution in [0.25, 0.3) is 0 Å². The first-order valence-corrected chi connectivity index (χ1v) is 6.19. The van der Waals surface area contributed by atoms with E-state index in [0.29, 0.717) is 6.54 Å². The van der Waals surface area contributed by atoms with Gasteiger partial charge in [-0.1, -0.05) is 6.07 Å². The maximum Gasteiger partial charge on any atom is 0.229 e. The van der Waals surface area contributed by atoms with Gasteiger partial charge in [0.2, 0.25) is 11.8 Å². The van der Waals surface area contributed by atoms with Crippen LogP contribution in [0.4, 0.5) is 5.69 Å². The highest BCUT2D eigenvalue weighted by atomic mass is 79.9. The van der Waals surface area contributed by atoms with Crippen molar-refractivity contribution < 1.29 is 9.59 Å². The predicted octanol–water partition coefficient (Wildman–Crippen LogP) is 1.83. The lowest BCUT2D eigenvalue weighted by molar-refractivity contribution is -0.123. The third-order valence-electron chi connectivity index (χ3n) is 2.73. The zero-order chi connectivity index (χ0) is 12.4. The average Bonchev–Trinajstić information content (AvgIpc) is 2.69. The quantitative estimate of drug-likeness (QED) is 0.875. The fourth-order valence-electron chi connectivity index (χ4n) is 1.75. The Morgan fingerprint density at radius 3 is 2.88 bits per heavy atom. The fourth-order valence-corrected chi connectivity index (χ4v) is 2.34. The van der Waals surface area contributed by atoms with Crippen molar-refractivity contribution in [1.82, 2.24) is 5.32 Å². The lowest BCUT2D eigenvalue weighted by Gasteiger charge is -2.11. The molecule has 2 amide bonds. The molecule has 1 aromatic carbocycles. The Kier molecular flexibility index (Phi) is 3.47. The second-order valence-corrected chi connectivity index (χ2v) is 5.03. The standard InChI is InChI=1S/C12H13BrN2O2/c1-7-2-3-10(9(13)4-7)15-12(17)8-5-11(16)14-6-8/h2-4,8H,5-6H2,1H3,(H,14,16)(H,15,17). The molecular formula is C12H13BrN2O2. The number of benzene rings is 1. The molecule has 90 valence electrons. The number of anilines is 1. The summed E-state index contributed by atoms with van der Waals surface area (Å²) in [5, 5.41) is 5.47. The minimum Gasteiger partial charge on any atom is -0.355 e. The van der Waals surface area contributed by atoms with Crippen LogP contribution in [0.1, 0.15) is 12.0 Å². The summed E-state index contributed by atoms with van der Waals surface area (Å²) in [7, 11) is 0. The van der Waals surface area contributed by atoms with Crippen molar-refractivity contribution in [3.8, 4) is 0 Å². The fraction of sp³-hybridized carbons (Fsp3) is 0.333. The zero-order valence-corrected chi connectivity index (χ0v) is 11.0. The van der Waals surface area contributed by atoms with Crippen molar-refractivity contribution in [2.45, 2.75) is 13.3 Å². The molecule has 5 heteroatoms. The van der Waals surface area contributed by atoms with Gasteiger partial charge in [-0.05, 0) is 40.5 Å². The van der Waals surface area contributed by atoms with E-state index >= 15 is 0 Å². The molecule has 1 aromatic rings. The van der Waals surface area contributed by atoms with Crippen LogP contribution >= 0.6 is 15.9 Å². The molecule has 2 rings (SSSR count). The van der Waals surface area contributed by atoms with E-state index in [4.69, 9.17) is 0 Å². The molecule has 17 heavy (non-hydrogen) atoms. The Morgan fingerprint density at radius 2 is 2.29 bits per heavy atom. The van der Waals surface area contributed by atoms with Crippen LogP contribution in [-0.2, 0) is 9.59 Å². The third kappa shape index (κ3) is 2.85. The Labute approximate surface area is 108 Å². The van der Waals surface area contributed by atoms with Gasteiger partial charge in [-0.2, -0.15) is 0 Å². The minimum atomic E-state index is -0.268. The van der Waals surface area contributed by atoms with E-state index < -0.39 is 0 Å². The van der Waals surface area contributed by atoms with Crippen molar-refractivity contribution in [3.63, 3.8) is 0 Å². The molecule has 0 bridgehead atoms. The molecule has 0 saturated carbocycles. The van der Waals surface area contributed by atoms with E-state index in [2.05, 4.69) is 26.6 Å². The van der Waals surface area contributed by atoms with E-state index in [-0.39, 0.29) is 24.2 Å². The highest BCUT2D eigenvalue weighted by molar-refractivity contribution is 9.10. The zero-order valence-electron chi connectivity index (χ0n) is 9.42. The van der Waals surface area contributed by atoms with Crippen molar-refractivity contribution >= 4 is 33.4 Å². The molecule has 1 atom stereocenters. The van der Waals surface area contributed by atoms with Crippen LogP contribution in [0.2, 0.25) is 0 Å². The Hall–Kier alpha value is -1.36. The maximum atomic E-state index is 11.9. The van der Waals surface area contributed by atoms with Crippen molar-refractivity contribution in [2.75, 3.05) is 11.9 Å². The molecule has 0 aromatic heterocycles. The Morgan fingerprint density at radius 1 is 1.53 bits per heavy atom. The first-order valence-electron chi connectivity index (χ1n) is 5.40. The summed E-state index contributed by atoms with van der Waals surface area (Å²) in [6.07, 6.45) is 0.273. The number of nitrogens with one attached hydrogen (secondary N) is 2. The number of halogens is 1. The summed E-state index contributed by atoms with van der Waals surface area (Å²) in [5.41, 5.74) is 1.85. The van der Waals surface area contributed by atoms with Gasteiger partial charge in [0.25, 0.3) is 0 Å². The van der Waals surface area contributed by atoms with Gasteiger partial charge in [-0.15, -0.1) is 0 Å². The molecule has 0 radical (unpaired) electrons. The lowest BCUT2D eigenvalue weighted by Crippen LogP contribution is -2.24. The largest absolute Gasteiger partial charge is 0.355 e. The summed E-state index contributed by atoms with van der Waals surface area (Å²) < 4.78 is 0.850. The number of rotatable bonds is 2. The van der Waals surface area contributed by atoms with Crippen LogP contribution in [0.15, 0.2) is 22.7 Å². The second-order valence-electron chi connectivity index (χ2n) is 4.18. The number of aryl methyl sites for hydroxylation is 1. The van der Waals surface area contributed by atoms with Crippen molar-refractivity contribution in [1.29, 1.82) is 0 Å². The summed E-state index contributed by atoms with van der Waals surface area (Å²) >= 11 is 3.40. The molecule has 2 N–H and O–H groups in total. The van der Waals surface area contributed by atoms with E-state index in [1.54, 1.807) is 0 Å². The smallest absolute Gasteiger partial charge is 0.229 e. The molecule has 1 saturated heterocycles. The Balaban J connectivity index is 2.05. The Bertz CT molecular complexity index is 474. The lowest BCUT2D eigenvalue weighted by atomic mass is 10.1. The molecule has 0 aliphatic carbocycles. The number of hydrogen-bond donors (Lipinski definition) is 2. The summed E-state index contributed by atoms with van der Waals surface area (Å²) in [6.45, 7) is 2.41. The molecule has 1 heterocycles. The van der Waals surface area contributed by atoms with E-state index in [9.17, 15) is 9.59 Å². The highest BCUT2D eigenvalue weighted by Crippen LogP contribution is 2.24. The number of hydrogen-bond acceptors (Lipinski definition) is 2. The van der Waals surface area contributed by atoms with Gasteiger partial charge in [0.15, 0.2) is 0 Å². The van der Waals surface area contributed by atoms with Crippen molar-refractivity contribution in [3.05, 3.63) is 28.2 Å². The maximum absolute atomic E-state index is 11.9.